The Labute approximate surface area is 138 Å². The van der Waals surface area contributed by atoms with Gasteiger partial charge in [0.15, 0.2) is 0 Å². The molecule has 0 radical (unpaired) electrons. The number of amides is 2. The third-order valence-electron chi connectivity index (χ3n) is 5.60. The fourth-order valence-electron chi connectivity index (χ4n) is 4.08. The van der Waals surface area contributed by atoms with Gasteiger partial charge >= 0.3 is 0 Å². The van der Waals surface area contributed by atoms with Gasteiger partial charge in [0.05, 0.1) is 0 Å². The molecule has 1 aromatic rings. The van der Waals surface area contributed by atoms with Crippen molar-refractivity contribution in [2.75, 3.05) is 20.6 Å². The molecule has 4 nitrogen and oxygen atoms in total. The summed E-state index contributed by atoms with van der Waals surface area (Å²) in [5.41, 5.74) is 1.21. The van der Waals surface area contributed by atoms with Gasteiger partial charge in [-0.25, -0.2) is 0 Å². The van der Waals surface area contributed by atoms with Crippen molar-refractivity contribution in [2.45, 2.75) is 38.1 Å². The molecule has 1 saturated carbocycles. The second-order valence-electron chi connectivity index (χ2n) is 7.11. The van der Waals surface area contributed by atoms with E-state index in [0.29, 0.717) is 30.7 Å². The van der Waals surface area contributed by atoms with Crippen LogP contribution in [-0.2, 0) is 16.0 Å². The number of rotatable bonds is 4. The van der Waals surface area contributed by atoms with E-state index in [0.717, 1.165) is 25.8 Å². The molecule has 0 N–H and O–H groups in total. The molecule has 2 amide bonds. The Balaban J connectivity index is 1.53. The smallest absolute Gasteiger partial charge is 0.222 e. The van der Waals surface area contributed by atoms with Crippen LogP contribution < -0.4 is 0 Å². The number of hydrogen-bond acceptors (Lipinski definition) is 2. The predicted octanol–water partition coefficient (Wildman–Crippen LogP) is 2.33. The van der Waals surface area contributed by atoms with Gasteiger partial charge in [-0.2, -0.15) is 0 Å². The molecule has 1 aromatic carbocycles. The van der Waals surface area contributed by atoms with Gasteiger partial charge in [0.25, 0.3) is 0 Å². The Morgan fingerprint density at radius 1 is 1.22 bits per heavy atom. The summed E-state index contributed by atoms with van der Waals surface area (Å²) in [6, 6.07) is 10.5. The maximum Gasteiger partial charge on any atom is 0.222 e. The first-order valence-corrected chi connectivity index (χ1v) is 8.58. The molecule has 0 aromatic heterocycles. The van der Waals surface area contributed by atoms with Gasteiger partial charge in [0.2, 0.25) is 11.8 Å². The van der Waals surface area contributed by atoms with Gasteiger partial charge in [-0.05, 0) is 36.7 Å². The maximum absolute atomic E-state index is 12.5. The molecule has 0 spiro atoms. The van der Waals surface area contributed by atoms with Crippen LogP contribution in [0.5, 0.6) is 0 Å². The van der Waals surface area contributed by atoms with Crippen molar-refractivity contribution in [3.63, 3.8) is 0 Å². The van der Waals surface area contributed by atoms with Crippen molar-refractivity contribution in [1.82, 2.24) is 9.80 Å². The van der Waals surface area contributed by atoms with Crippen molar-refractivity contribution < 1.29 is 9.59 Å². The number of fused-ring (bicyclic) bond motifs is 1. The molecule has 2 fully saturated rings. The molecular weight excluding hydrogens is 288 g/mol. The van der Waals surface area contributed by atoms with Crippen molar-refractivity contribution in [3.05, 3.63) is 35.9 Å². The Morgan fingerprint density at radius 3 is 2.65 bits per heavy atom. The number of carbonyl (C=O) groups is 2. The molecule has 23 heavy (non-hydrogen) atoms. The lowest BCUT2D eigenvalue weighted by atomic mass is 9.88. The lowest BCUT2D eigenvalue weighted by Crippen LogP contribution is -2.39. The average molecular weight is 314 g/mol. The van der Waals surface area contributed by atoms with E-state index in [1.54, 1.807) is 0 Å². The molecule has 1 heterocycles. The molecular formula is C19H26N2O2. The zero-order valence-electron chi connectivity index (χ0n) is 14.1. The van der Waals surface area contributed by atoms with E-state index in [1.807, 2.05) is 42.1 Å². The highest BCUT2D eigenvalue weighted by Crippen LogP contribution is 2.40. The molecule has 4 heteroatoms. The first kappa shape index (κ1) is 16.0. The minimum absolute atomic E-state index is 0.220. The lowest BCUT2D eigenvalue weighted by Gasteiger charge is -2.31. The van der Waals surface area contributed by atoms with Crippen LogP contribution in [0.4, 0.5) is 0 Å². The molecule has 3 atom stereocenters. The Kier molecular flexibility index (Phi) is 4.69. The third-order valence-corrected chi connectivity index (χ3v) is 5.60. The number of likely N-dealkylation sites (tertiary alicyclic amines) is 1. The van der Waals surface area contributed by atoms with Gasteiger partial charge in [-0.15, -0.1) is 0 Å². The first-order chi connectivity index (χ1) is 11.0. The normalized spacial score (nSPS) is 27.0. The van der Waals surface area contributed by atoms with E-state index < -0.39 is 0 Å². The molecule has 1 aliphatic heterocycles. The van der Waals surface area contributed by atoms with E-state index in [2.05, 4.69) is 12.1 Å². The second-order valence-corrected chi connectivity index (χ2v) is 7.11. The second kappa shape index (κ2) is 6.73. The number of piperidine rings is 1. The van der Waals surface area contributed by atoms with E-state index in [1.165, 1.54) is 5.56 Å². The SMILES string of the molecule is CN1C[C@@H]2C[C@H](N(C)C(=O)CCc3ccccc3)C[C@@H]2CC1=O. The summed E-state index contributed by atoms with van der Waals surface area (Å²) >= 11 is 0. The molecule has 0 bridgehead atoms. The average Bonchev–Trinajstić information content (AvgIpc) is 2.96. The van der Waals surface area contributed by atoms with E-state index in [-0.39, 0.29) is 11.8 Å². The molecule has 1 saturated heterocycles. The molecule has 2 aliphatic rings. The fourth-order valence-corrected chi connectivity index (χ4v) is 4.08. The van der Waals surface area contributed by atoms with Crippen molar-refractivity contribution in [1.29, 1.82) is 0 Å². The topological polar surface area (TPSA) is 40.6 Å². The summed E-state index contributed by atoms with van der Waals surface area (Å²) in [5.74, 6) is 1.50. The summed E-state index contributed by atoms with van der Waals surface area (Å²) in [7, 11) is 3.82. The van der Waals surface area contributed by atoms with Crippen molar-refractivity contribution in [3.8, 4) is 0 Å². The molecule has 3 rings (SSSR count). The third kappa shape index (κ3) is 3.57. The number of hydrogen-bond donors (Lipinski definition) is 0. The highest BCUT2D eigenvalue weighted by Gasteiger charge is 2.42. The zero-order chi connectivity index (χ0) is 16.4. The van der Waals surface area contributed by atoms with E-state index in [4.69, 9.17) is 0 Å². The number of aryl methyl sites for hydroxylation is 1. The Bertz CT molecular complexity index is 572. The molecule has 1 aliphatic carbocycles. The van der Waals surface area contributed by atoms with Crippen molar-refractivity contribution >= 4 is 11.8 Å². The van der Waals surface area contributed by atoms with Crippen LogP contribution in [0.1, 0.15) is 31.2 Å². The summed E-state index contributed by atoms with van der Waals surface area (Å²) in [5, 5.41) is 0. The molecule has 124 valence electrons. The van der Waals surface area contributed by atoms with Crippen molar-refractivity contribution in [2.24, 2.45) is 11.8 Å². The van der Waals surface area contributed by atoms with Crippen LogP contribution in [0.15, 0.2) is 30.3 Å². The van der Waals surface area contributed by atoms with Crippen LogP contribution in [0.3, 0.4) is 0 Å². The molecule has 0 unspecified atom stereocenters. The van der Waals surface area contributed by atoms with E-state index in [9.17, 15) is 9.59 Å². The van der Waals surface area contributed by atoms with Crippen LogP contribution in [0.25, 0.3) is 0 Å². The minimum Gasteiger partial charge on any atom is -0.345 e. The Hall–Kier alpha value is -1.84. The lowest BCUT2D eigenvalue weighted by molar-refractivity contribution is -0.135. The van der Waals surface area contributed by atoms with Gasteiger partial charge in [-0.1, -0.05) is 30.3 Å². The Morgan fingerprint density at radius 2 is 1.91 bits per heavy atom. The van der Waals surface area contributed by atoms with Gasteiger partial charge in [0, 0.05) is 39.5 Å². The predicted molar refractivity (Wildman–Crippen MR) is 89.8 cm³/mol. The van der Waals surface area contributed by atoms with Crippen LogP contribution in [0.2, 0.25) is 0 Å². The number of benzene rings is 1. The minimum atomic E-state index is 0.220. The van der Waals surface area contributed by atoms with Crippen LogP contribution >= 0.6 is 0 Å². The van der Waals surface area contributed by atoms with Gasteiger partial charge in [0.1, 0.15) is 0 Å². The summed E-state index contributed by atoms with van der Waals surface area (Å²) < 4.78 is 0. The zero-order valence-corrected chi connectivity index (χ0v) is 14.1. The standard InChI is InChI=1S/C19H26N2O2/c1-20-13-16-11-17(10-15(16)12-19(20)23)21(2)18(22)9-8-14-6-4-3-5-7-14/h3-7,15-17H,8-13H2,1-2H3/t15-,16+,17-/m1/s1. The number of carbonyl (C=O) groups excluding carboxylic acids is 2. The quantitative estimate of drug-likeness (QED) is 0.856. The summed E-state index contributed by atoms with van der Waals surface area (Å²) in [4.78, 5) is 28.1. The fraction of sp³-hybridized carbons (Fsp3) is 0.579. The monoisotopic (exact) mass is 314 g/mol. The highest BCUT2D eigenvalue weighted by atomic mass is 16.2. The van der Waals surface area contributed by atoms with Gasteiger partial charge < -0.3 is 9.80 Å². The van der Waals surface area contributed by atoms with Crippen LogP contribution in [0, 0.1) is 11.8 Å². The maximum atomic E-state index is 12.5. The summed E-state index contributed by atoms with van der Waals surface area (Å²) in [6.45, 7) is 0.853. The first-order valence-electron chi connectivity index (χ1n) is 8.58. The largest absolute Gasteiger partial charge is 0.345 e. The van der Waals surface area contributed by atoms with Crippen LogP contribution in [-0.4, -0.2) is 48.3 Å². The van der Waals surface area contributed by atoms with Gasteiger partial charge in [-0.3, -0.25) is 9.59 Å². The summed E-state index contributed by atoms with van der Waals surface area (Å²) in [6.07, 6.45) is 4.04. The van der Waals surface area contributed by atoms with E-state index >= 15 is 0 Å². The highest BCUT2D eigenvalue weighted by molar-refractivity contribution is 5.78. The number of nitrogens with zero attached hydrogens (tertiary/aromatic N) is 2.